The van der Waals surface area contributed by atoms with E-state index in [0.717, 1.165) is 17.5 Å². The van der Waals surface area contributed by atoms with Gasteiger partial charge in [-0.1, -0.05) is 42.5 Å². The summed E-state index contributed by atoms with van der Waals surface area (Å²) in [4.78, 5) is 12.3. The molecule has 0 aromatic heterocycles. The zero-order valence-corrected chi connectivity index (χ0v) is 11.1. The molecule has 0 bridgehead atoms. The largest absolute Gasteiger partial charge is 0.508 e. The zero-order chi connectivity index (χ0) is 13.9. The highest BCUT2D eigenvalue weighted by Crippen LogP contribution is 2.38. The lowest BCUT2D eigenvalue weighted by Crippen LogP contribution is -2.39. The molecule has 0 aliphatic carbocycles. The van der Waals surface area contributed by atoms with E-state index in [4.69, 9.17) is 0 Å². The van der Waals surface area contributed by atoms with E-state index in [2.05, 4.69) is 5.32 Å². The third-order valence-corrected chi connectivity index (χ3v) is 3.92. The fourth-order valence-electron chi connectivity index (χ4n) is 2.93. The van der Waals surface area contributed by atoms with E-state index >= 15 is 0 Å². The van der Waals surface area contributed by atoms with Gasteiger partial charge in [0.05, 0.1) is 5.92 Å². The van der Waals surface area contributed by atoms with Crippen molar-refractivity contribution in [3.8, 4) is 5.75 Å². The molecule has 3 heteroatoms. The molecule has 2 N–H and O–H groups in total. The maximum atomic E-state index is 12.3. The van der Waals surface area contributed by atoms with Gasteiger partial charge in [-0.2, -0.15) is 0 Å². The van der Waals surface area contributed by atoms with E-state index in [9.17, 15) is 9.90 Å². The summed E-state index contributed by atoms with van der Waals surface area (Å²) in [5, 5.41) is 12.4. The third-order valence-electron chi connectivity index (χ3n) is 3.92. The van der Waals surface area contributed by atoms with Crippen LogP contribution in [-0.4, -0.2) is 17.6 Å². The summed E-state index contributed by atoms with van der Waals surface area (Å²) in [6.07, 6.45) is 0.913. The molecule has 20 heavy (non-hydrogen) atoms. The van der Waals surface area contributed by atoms with Gasteiger partial charge in [0, 0.05) is 12.5 Å². The molecule has 0 radical (unpaired) electrons. The van der Waals surface area contributed by atoms with Gasteiger partial charge in [-0.3, -0.25) is 4.79 Å². The van der Waals surface area contributed by atoms with Crippen molar-refractivity contribution in [2.75, 3.05) is 6.54 Å². The summed E-state index contributed by atoms with van der Waals surface area (Å²) >= 11 is 0. The lowest BCUT2D eigenvalue weighted by Gasteiger charge is -2.31. The van der Waals surface area contributed by atoms with Crippen molar-refractivity contribution >= 4 is 5.91 Å². The number of carbonyl (C=O) groups is 1. The summed E-state index contributed by atoms with van der Waals surface area (Å²) in [7, 11) is 0. The Morgan fingerprint density at radius 3 is 2.35 bits per heavy atom. The number of benzene rings is 2. The topological polar surface area (TPSA) is 49.3 Å². The molecule has 102 valence electrons. The first-order chi connectivity index (χ1) is 9.75. The van der Waals surface area contributed by atoms with Crippen LogP contribution in [0.1, 0.15) is 29.4 Å². The average molecular weight is 267 g/mol. The number of carbonyl (C=O) groups excluding carboxylic acids is 1. The van der Waals surface area contributed by atoms with Crippen LogP contribution in [0.3, 0.4) is 0 Å². The van der Waals surface area contributed by atoms with Crippen molar-refractivity contribution in [3.05, 3.63) is 65.7 Å². The second kappa shape index (κ2) is 5.37. The monoisotopic (exact) mass is 267 g/mol. The molecule has 2 aromatic rings. The van der Waals surface area contributed by atoms with Crippen LogP contribution < -0.4 is 5.32 Å². The first-order valence-electron chi connectivity index (χ1n) is 6.87. The van der Waals surface area contributed by atoms with Gasteiger partial charge in [0.25, 0.3) is 0 Å². The first kappa shape index (κ1) is 12.7. The molecule has 1 fully saturated rings. The lowest BCUT2D eigenvalue weighted by atomic mass is 9.77. The summed E-state index contributed by atoms with van der Waals surface area (Å²) < 4.78 is 0. The predicted molar refractivity (Wildman–Crippen MR) is 77.7 cm³/mol. The van der Waals surface area contributed by atoms with Crippen molar-refractivity contribution in [1.29, 1.82) is 0 Å². The van der Waals surface area contributed by atoms with Crippen LogP contribution in [0.15, 0.2) is 54.6 Å². The Labute approximate surface area is 118 Å². The fourth-order valence-corrected chi connectivity index (χ4v) is 2.93. The maximum Gasteiger partial charge on any atom is 0.228 e. The van der Waals surface area contributed by atoms with Crippen molar-refractivity contribution < 1.29 is 9.90 Å². The number of nitrogens with one attached hydrogen (secondary N) is 1. The van der Waals surface area contributed by atoms with Gasteiger partial charge in [0.15, 0.2) is 0 Å². The smallest absolute Gasteiger partial charge is 0.228 e. The molecule has 1 aliphatic heterocycles. The molecule has 0 spiro atoms. The molecule has 2 atom stereocenters. The molecular formula is C17H17NO2. The van der Waals surface area contributed by atoms with Crippen LogP contribution in [-0.2, 0) is 4.79 Å². The van der Waals surface area contributed by atoms with Crippen LogP contribution in [0.2, 0.25) is 0 Å². The van der Waals surface area contributed by atoms with Crippen LogP contribution >= 0.6 is 0 Å². The van der Waals surface area contributed by atoms with Gasteiger partial charge < -0.3 is 10.4 Å². The highest BCUT2D eigenvalue weighted by Gasteiger charge is 2.33. The highest BCUT2D eigenvalue weighted by atomic mass is 16.3. The van der Waals surface area contributed by atoms with Gasteiger partial charge >= 0.3 is 0 Å². The van der Waals surface area contributed by atoms with Crippen LogP contribution in [0, 0.1) is 0 Å². The van der Waals surface area contributed by atoms with Crippen LogP contribution in [0.5, 0.6) is 5.75 Å². The molecule has 1 amide bonds. The number of rotatable bonds is 2. The van der Waals surface area contributed by atoms with Crippen molar-refractivity contribution in [2.24, 2.45) is 0 Å². The Morgan fingerprint density at radius 2 is 1.65 bits per heavy atom. The molecule has 2 aromatic carbocycles. The summed E-state index contributed by atoms with van der Waals surface area (Å²) in [6, 6.07) is 17.1. The summed E-state index contributed by atoms with van der Waals surface area (Å²) in [5.74, 6) is 0.340. The highest BCUT2D eigenvalue weighted by molar-refractivity contribution is 5.85. The predicted octanol–water partition coefficient (Wildman–Crippen LogP) is 2.78. The number of piperidine rings is 1. The van der Waals surface area contributed by atoms with Crippen molar-refractivity contribution in [3.63, 3.8) is 0 Å². The van der Waals surface area contributed by atoms with Gasteiger partial charge in [0.2, 0.25) is 5.91 Å². The number of phenolic OH excluding ortho intramolecular Hbond substituents is 1. The minimum Gasteiger partial charge on any atom is -0.508 e. The zero-order valence-electron chi connectivity index (χ0n) is 11.1. The second-order valence-electron chi connectivity index (χ2n) is 5.17. The first-order valence-corrected chi connectivity index (χ1v) is 6.87. The molecule has 1 aliphatic rings. The molecule has 0 saturated carbocycles. The van der Waals surface area contributed by atoms with E-state index in [1.165, 1.54) is 0 Å². The van der Waals surface area contributed by atoms with Crippen LogP contribution in [0.25, 0.3) is 0 Å². The maximum absolute atomic E-state index is 12.3. The Morgan fingerprint density at radius 1 is 0.950 bits per heavy atom. The van der Waals surface area contributed by atoms with Crippen LogP contribution in [0.4, 0.5) is 0 Å². The number of aromatic hydroxyl groups is 1. The molecule has 0 unspecified atom stereocenters. The molecule has 3 rings (SSSR count). The van der Waals surface area contributed by atoms with Gasteiger partial charge in [-0.05, 0) is 29.7 Å². The fraction of sp³-hybridized carbons (Fsp3) is 0.235. The van der Waals surface area contributed by atoms with E-state index in [1.54, 1.807) is 12.1 Å². The minimum absolute atomic E-state index is 0.0838. The van der Waals surface area contributed by atoms with Gasteiger partial charge in [-0.15, -0.1) is 0 Å². The molecular weight excluding hydrogens is 250 g/mol. The average Bonchev–Trinajstić information content (AvgIpc) is 2.49. The quantitative estimate of drug-likeness (QED) is 0.879. The molecule has 3 nitrogen and oxygen atoms in total. The van der Waals surface area contributed by atoms with E-state index in [-0.39, 0.29) is 23.5 Å². The van der Waals surface area contributed by atoms with Crippen molar-refractivity contribution in [1.82, 2.24) is 5.32 Å². The minimum atomic E-state index is -0.158. The summed E-state index contributed by atoms with van der Waals surface area (Å²) in [6.45, 7) is 0.702. The summed E-state index contributed by atoms with van der Waals surface area (Å²) in [5.41, 5.74) is 2.15. The molecule has 1 heterocycles. The Bertz CT molecular complexity index is 592. The number of hydrogen-bond donors (Lipinski definition) is 2. The van der Waals surface area contributed by atoms with Crippen molar-refractivity contribution in [2.45, 2.75) is 18.3 Å². The molecule has 1 saturated heterocycles. The van der Waals surface area contributed by atoms with E-state index < -0.39 is 0 Å². The normalized spacial score (nSPS) is 22.3. The van der Waals surface area contributed by atoms with E-state index in [1.807, 2.05) is 42.5 Å². The van der Waals surface area contributed by atoms with Gasteiger partial charge in [0.1, 0.15) is 5.75 Å². The lowest BCUT2D eigenvalue weighted by molar-refractivity contribution is -0.124. The Balaban J connectivity index is 1.98. The third kappa shape index (κ3) is 2.39. The Kier molecular flexibility index (Phi) is 3.42. The standard InChI is InChI=1S/C17H17NO2/c19-14-8-6-12(7-9-14)15-10-11-18-17(20)16(15)13-4-2-1-3-5-13/h1-9,15-16,19H,10-11H2,(H,18,20)/t15-,16-/m0/s1. The number of hydrogen-bond acceptors (Lipinski definition) is 2. The van der Waals surface area contributed by atoms with E-state index in [0.29, 0.717) is 6.54 Å². The SMILES string of the molecule is O=C1NCC[C@@H](c2ccc(O)cc2)[C@@H]1c1ccccc1. The number of phenols is 1. The second-order valence-corrected chi connectivity index (χ2v) is 5.17. The number of amides is 1. The Hall–Kier alpha value is -2.29. The van der Waals surface area contributed by atoms with Gasteiger partial charge in [-0.25, -0.2) is 0 Å².